The van der Waals surface area contributed by atoms with Crippen molar-refractivity contribution in [3.63, 3.8) is 0 Å². The van der Waals surface area contributed by atoms with E-state index >= 15 is 0 Å². The predicted molar refractivity (Wildman–Crippen MR) is 60.1 cm³/mol. The molecule has 0 spiro atoms. The van der Waals surface area contributed by atoms with Crippen molar-refractivity contribution >= 4 is 18.6 Å². The van der Waals surface area contributed by atoms with Crippen molar-refractivity contribution in [1.29, 1.82) is 0 Å². The number of nitrogens with zero attached hydrogens (tertiary/aromatic N) is 4. The lowest BCUT2D eigenvalue weighted by Gasteiger charge is -1.87. The molecule has 0 unspecified atom stereocenters. The minimum atomic E-state index is 0.559. The van der Waals surface area contributed by atoms with Gasteiger partial charge in [-0.3, -0.25) is 4.68 Å². The SMILES string of the molecule is C=Cc1[nH]c(-c2cnn(C)c2)nc1N=C. The van der Waals surface area contributed by atoms with Crippen LogP contribution in [0.25, 0.3) is 17.5 Å². The van der Waals surface area contributed by atoms with Gasteiger partial charge in [0.25, 0.3) is 0 Å². The van der Waals surface area contributed by atoms with E-state index in [9.17, 15) is 0 Å². The van der Waals surface area contributed by atoms with Crippen LogP contribution in [0.4, 0.5) is 5.82 Å². The van der Waals surface area contributed by atoms with Crippen molar-refractivity contribution in [2.45, 2.75) is 0 Å². The molecule has 15 heavy (non-hydrogen) atoms. The maximum Gasteiger partial charge on any atom is 0.177 e. The number of aliphatic imine (C=N–C) groups is 1. The topological polar surface area (TPSA) is 58.9 Å². The van der Waals surface area contributed by atoms with Gasteiger partial charge in [0.2, 0.25) is 0 Å². The van der Waals surface area contributed by atoms with Gasteiger partial charge >= 0.3 is 0 Å². The summed E-state index contributed by atoms with van der Waals surface area (Å²) < 4.78 is 1.71. The Morgan fingerprint density at radius 3 is 2.87 bits per heavy atom. The fourth-order valence-electron chi connectivity index (χ4n) is 1.32. The Labute approximate surface area is 87.2 Å². The summed E-state index contributed by atoms with van der Waals surface area (Å²) in [4.78, 5) is 11.2. The second-order valence-electron chi connectivity index (χ2n) is 3.09. The molecule has 0 bridgehead atoms. The van der Waals surface area contributed by atoms with Crippen molar-refractivity contribution in [2.24, 2.45) is 12.0 Å². The van der Waals surface area contributed by atoms with Crippen molar-refractivity contribution in [1.82, 2.24) is 19.7 Å². The van der Waals surface area contributed by atoms with Gasteiger partial charge < -0.3 is 4.98 Å². The first kappa shape index (κ1) is 9.39. The summed E-state index contributed by atoms with van der Waals surface area (Å²) in [7, 11) is 1.85. The third-order valence-corrected chi connectivity index (χ3v) is 2.04. The van der Waals surface area contributed by atoms with Crippen LogP contribution in [0.5, 0.6) is 0 Å². The van der Waals surface area contributed by atoms with Gasteiger partial charge in [-0.25, -0.2) is 9.98 Å². The number of aryl methyl sites for hydroxylation is 1. The molecule has 2 heterocycles. The van der Waals surface area contributed by atoms with E-state index < -0.39 is 0 Å². The monoisotopic (exact) mass is 201 g/mol. The van der Waals surface area contributed by atoms with E-state index in [0.717, 1.165) is 17.1 Å². The molecule has 0 aliphatic heterocycles. The zero-order chi connectivity index (χ0) is 10.8. The van der Waals surface area contributed by atoms with Gasteiger partial charge in [-0.15, -0.1) is 0 Å². The van der Waals surface area contributed by atoms with Crippen LogP contribution in [0.2, 0.25) is 0 Å². The normalized spacial score (nSPS) is 10.2. The van der Waals surface area contributed by atoms with E-state index in [-0.39, 0.29) is 0 Å². The molecule has 0 aromatic carbocycles. The fourth-order valence-corrected chi connectivity index (χ4v) is 1.32. The molecule has 2 aromatic rings. The minimum absolute atomic E-state index is 0.559. The quantitative estimate of drug-likeness (QED) is 0.769. The zero-order valence-corrected chi connectivity index (χ0v) is 8.44. The van der Waals surface area contributed by atoms with E-state index in [1.807, 2.05) is 13.2 Å². The van der Waals surface area contributed by atoms with Crippen LogP contribution >= 0.6 is 0 Å². The summed E-state index contributed by atoms with van der Waals surface area (Å²) >= 11 is 0. The van der Waals surface area contributed by atoms with Gasteiger partial charge in [0.1, 0.15) is 5.82 Å². The van der Waals surface area contributed by atoms with Crippen LogP contribution in [0.3, 0.4) is 0 Å². The number of aromatic nitrogens is 4. The summed E-state index contributed by atoms with van der Waals surface area (Å²) in [5.41, 5.74) is 1.68. The highest BCUT2D eigenvalue weighted by Gasteiger charge is 2.08. The number of hydrogen-bond donors (Lipinski definition) is 1. The summed E-state index contributed by atoms with van der Waals surface area (Å²) in [6.45, 7) is 7.12. The molecule has 0 fully saturated rings. The Morgan fingerprint density at radius 1 is 1.60 bits per heavy atom. The van der Waals surface area contributed by atoms with Crippen LogP contribution in [0.15, 0.2) is 24.0 Å². The number of aromatic amines is 1. The Kier molecular flexibility index (Phi) is 2.21. The third-order valence-electron chi connectivity index (χ3n) is 2.04. The van der Waals surface area contributed by atoms with Crippen LogP contribution in [-0.4, -0.2) is 26.5 Å². The Morgan fingerprint density at radius 2 is 2.40 bits per heavy atom. The van der Waals surface area contributed by atoms with Crippen LogP contribution in [0.1, 0.15) is 5.69 Å². The summed E-state index contributed by atoms with van der Waals surface area (Å²) in [5, 5.41) is 4.07. The molecule has 5 heteroatoms. The third kappa shape index (κ3) is 1.59. The average Bonchev–Trinajstić information content (AvgIpc) is 2.82. The van der Waals surface area contributed by atoms with Gasteiger partial charge in [0.15, 0.2) is 5.82 Å². The molecule has 1 N–H and O–H groups in total. The van der Waals surface area contributed by atoms with E-state index in [0.29, 0.717) is 5.82 Å². The van der Waals surface area contributed by atoms with Crippen LogP contribution < -0.4 is 0 Å². The summed E-state index contributed by atoms with van der Waals surface area (Å²) in [5.74, 6) is 1.28. The highest BCUT2D eigenvalue weighted by molar-refractivity contribution is 5.65. The van der Waals surface area contributed by atoms with Crippen molar-refractivity contribution < 1.29 is 0 Å². The molecule has 0 saturated carbocycles. The lowest BCUT2D eigenvalue weighted by atomic mass is 10.3. The smallest absolute Gasteiger partial charge is 0.177 e. The van der Waals surface area contributed by atoms with Gasteiger partial charge in [-0.2, -0.15) is 5.10 Å². The standard InChI is InChI=1S/C10H11N5/c1-4-8-10(11-2)14-9(13-8)7-5-12-15(3)6-7/h4-6H,1-2H2,3H3,(H,13,14). The summed E-state index contributed by atoms with van der Waals surface area (Å²) in [6, 6.07) is 0. The molecule has 0 saturated heterocycles. The Balaban J connectivity index is 2.49. The second-order valence-corrected chi connectivity index (χ2v) is 3.09. The molecule has 0 radical (unpaired) electrons. The number of nitrogens with one attached hydrogen (secondary N) is 1. The number of hydrogen-bond acceptors (Lipinski definition) is 3. The number of H-pyrrole nitrogens is 1. The van der Waals surface area contributed by atoms with E-state index in [1.165, 1.54) is 0 Å². The zero-order valence-electron chi connectivity index (χ0n) is 8.44. The van der Waals surface area contributed by atoms with Crippen molar-refractivity contribution in [2.75, 3.05) is 0 Å². The van der Waals surface area contributed by atoms with Crippen LogP contribution in [0, 0.1) is 0 Å². The largest absolute Gasteiger partial charge is 0.336 e. The molecule has 5 nitrogen and oxygen atoms in total. The first-order valence-electron chi connectivity index (χ1n) is 4.42. The second kappa shape index (κ2) is 3.53. The lowest BCUT2D eigenvalue weighted by molar-refractivity contribution is 0.768. The summed E-state index contributed by atoms with van der Waals surface area (Å²) in [6.07, 6.45) is 5.27. The molecule has 0 aliphatic carbocycles. The van der Waals surface area contributed by atoms with Gasteiger partial charge in [-0.05, 0) is 12.8 Å². The number of rotatable bonds is 3. The Hall–Kier alpha value is -2.17. The maximum atomic E-state index is 4.27. The predicted octanol–water partition coefficient (Wildman–Crippen LogP) is 1.79. The van der Waals surface area contributed by atoms with Crippen LogP contribution in [-0.2, 0) is 7.05 Å². The van der Waals surface area contributed by atoms with E-state index in [2.05, 4.69) is 33.4 Å². The van der Waals surface area contributed by atoms with E-state index in [1.54, 1.807) is 17.0 Å². The fraction of sp³-hybridized carbons (Fsp3) is 0.100. The van der Waals surface area contributed by atoms with Gasteiger partial charge in [-0.1, -0.05) is 6.58 Å². The molecular weight excluding hydrogens is 190 g/mol. The minimum Gasteiger partial charge on any atom is -0.336 e. The molecule has 2 rings (SSSR count). The van der Waals surface area contributed by atoms with Gasteiger partial charge in [0, 0.05) is 13.2 Å². The lowest BCUT2D eigenvalue weighted by Crippen LogP contribution is -1.84. The average molecular weight is 201 g/mol. The molecule has 76 valence electrons. The highest BCUT2D eigenvalue weighted by Crippen LogP contribution is 2.22. The molecule has 0 amide bonds. The molecule has 0 atom stereocenters. The molecule has 2 aromatic heterocycles. The first-order chi connectivity index (χ1) is 7.24. The molecule has 0 aliphatic rings. The Bertz CT molecular complexity index is 480. The highest BCUT2D eigenvalue weighted by atomic mass is 15.2. The van der Waals surface area contributed by atoms with Crippen molar-refractivity contribution in [3.05, 3.63) is 24.7 Å². The van der Waals surface area contributed by atoms with Gasteiger partial charge in [0.05, 0.1) is 17.5 Å². The van der Waals surface area contributed by atoms with Crippen molar-refractivity contribution in [3.8, 4) is 11.4 Å². The number of imidazole rings is 1. The maximum absolute atomic E-state index is 4.27. The molecular formula is C10H11N5. The first-order valence-corrected chi connectivity index (χ1v) is 4.42. The van der Waals surface area contributed by atoms with E-state index in [4.69, 9.17) is 0 Å².